The minimum absolute atomic E-state index is 1.07. The number of hydrogen-bond donors (Lipinski definition) is 0. The molecule has 0 saturated carbocycles. The van der Waals surface area contributed by atoms with Gasteiger partial charge in [-0.3, -0.25) is 0 Å². The first-order chi connectivity index (χ1) is 11.7. The van der Waals surface area contributed by atoms with Gasteiger partial charge in [-0.2, -0.15) is 0 Å². The van der Waals surface area contributed by atoms with Crippen molar-refractivity contribution >= 4 is 16.9 Å². The molecule has 0 N–H and O–H groups in total. The van der Waals surface area contributed by atoms with E-state index in [2.05, 4.69) is 75.4 Å². The molecule has 1 aromatic carbocycles. The lowest BCUT2D eigenvalue weighted by Crippen LogP contribution is -1.75. The molecule has 0 aliphatic heterocycles. The van der Waals surface area contributed by atoms with Gasteiger partial charge in [-0.15, -0.1) is 11.3 Å². The van der Waals surface area contributed by atoms with Gasteiger partial charge in [0, 0.05) is 9.75 Å². The summed E-state index contributed by atoms with van der Waals surface area (Å²) in [6.07, 6.45) is 8.77. The lowest BCUT2D eigenvalue weighted by atomic mass is 10.1. The van der Waals surface area contributed by atoms with Gasteiger partial charge in [0.15, 0.2) is 0 Å². The van der Waals surface area contributed by atoms with Crippen LogP contribution in [-0.2, 0) is 0 Å². The molecule has 0 nitrogen and oxygen atoms in total. The van der Waals surface area contributed by atoms with Crippen molar-refractivity contribution in [1.29, 1.82) is 0 Å². The van der Waals surface area contributed by atoms with E-state index in [1.54, 1.807) is 0 Å². The number of thiophene rings is 1. The van der Waals surface area contributed by atoms with Crippen molar-refractivity contribution in [2.45, 2.75) is 61.3 Å². The predicted molar refractivity (Wildman–Crippen MR) is 115 cm³/mol. The van der Waals surface area contributed by atoms with Crippen molar-refractivity contribution in [1.82, 2.24) is 0 Å². The standard InChI is InChI=1S/C19H22S.2C2H6/c1-4-6-7-8-16(5-2)18-13-14-19(20-18)17-11-9-15(3)10-12-17;2*1-2/h6-14H,4-5H2,1-3H3;2*1-2H3/b7-6-,16-8+;;. The average Bonchev–Trinajstić information content (AvgIpc) is 3.13. The monoisotopic (exact) mass is 342 g/mol. The van der Waals surface area contributed by atoms with Crippen LogP contribution in [0.15, 0.2) is 54.6 Å². The van der Waals surface area contributed by atoms with Crippen molar-refractivity contribution in [3.05, 3.63) is 65.1 Å². The van der Waals surface area contributed by atoms with Crippen LogP contribution in [0.2, 0.25) is 0 Å². The van der Waals surface area contributed by atoms with Gasteiger partial charge in [0.1, 0.15) is 0 Å². The van der Waals surface area contributed by atoms with Crippen molar-refractivity contribution in [3.8, 4) is 10.4 Å². The molecule has 1 heterocycles. The topological polar surface area (TPSA) is 0 Å². The SMILES string of the molecule is CC.CC.CC/C=C\C=C(/CC)c1ccc(-c2ccc(C)cc2)s1. The van der Waals surface area contributed by atoms with Gasteiger partial charge in [0.2, 0.25) is 0 Å². The Bertz CT molecular complexity index is 597. The summed E-state index contributed by atoms with van der Waals surface area (Å²) >= 11 is 1.88. The maximum absolute atomic E-state index is 2.25. The highest BCUT2D eigenvalue weighted by Crippen LogP contribution is 2.33. The van der Waals surface area contributed by atoms with E-state index in [4.69, 9.17) is 0 Å². The summed E-state index contributed by atoms with van der Waals surface area (Å²) in [5.74, 6) is 0. The van der Waals surface area contributed by atoms with Crippen molar-refractivity contribution in [2.24, 2.45) is 0 Å². The van der Waals surface area contributed by atoms with Crippen LogP contribution in [0, 0.1) is 6.92 Å². The first-order valence-corrected chi connectivity index (χ1v) is 10.1. The molecule has 0 bridgehead atoms. The van der Waals surface area contributed by atoms with Crippen LogP contribution in [0.5, 0.6) is 0 Å². The summed E-state index contributed by atoms with van der Waals surface area (Å²) in [4.78, 5) is 2.72. The molecule has 0 radical (unpaired) electrons. The molecule has 24 heavy (non-hydrogen) atoms. The molecule has 0 aliphatic rings. The van der Waals surface area contributed by atoms with Crippen LogP contribution in [-0.4, -0.2) is 0 Å². The highest BCUT2D eigenvalue weighted by molar-refractivity contribution is 7.16. The molecular formula is C23H34S. The number of rotatable bonds is 5. The summed E-state index contributed by atoms with van der Waals surface area (Å²) in [5, 5.41) is 0. The largest absolute Gasteiger partial charge is 0.136 e. The van der Waals surface area contributed by atoms with Crippen LogP contribution in [0.1, 0.15) is 64.8 Å². The van der Waals surface area contributed by atoms with Crippen LogP contribution in [0.3, 0.4) is 0 Å². The third-order valence-electron chi connectivity index (χ3n) is 3.31. The Labute approximate surface area is 154 Å². The fourth-order valence-corrected chi connectivity index (χ4v) is 3.18. The zero-order valence-electron chi connectivity index (χ0n) is 16.5. The Kier molecular flexibility index (Phi) is 12.9. The van der Waals surface area contributed by atoms with E-state index in [1.807, 2.05) is 39.0 Å². The highest BCUT2D eigenvalue weighted by Gasteiger charge is 2.05. The molecule has 0 saturated heterocycles. The van der Waals surface area contributed by atoms with E-state index in [0.29, 0.717) is 0 Å². The number of allylic oxidation sites excluding steroid dienone is 4. The average molecular weight is 343 g/mol. The van der Waals surface area contributed by atoms with Crippen LogP contribution < -0.4 is 0 Å². The Morgan fingerprint density at radius 2 is 1.54 bits per heavy atom. The molecular weight excluding hydrogens is 308 g/mol. The fraction of sp³-hybridized carbons (Fsp3) is 0.391. The molecule has 1 aromatic heterocycles. The van der Waals surface area contributed by atoms with Gasteiger partial charge >= 0.3 is 0 Å². The predicted octanol–water partition coefficient (Wildman–Crippen LogP) is 8.54. The van der Waals surface area contributed by atoms with Crippen molar-refractivity contribution in [3.63, 3.8) is 0 Å². The molecule has 0 spiro atoms. The molecule has 0 aliphatic carbocycles. The second-order valence-electron chi connectivity index (χ2n) is 4.91. The first-order valence-electron chi connectivity index (χ1n) is 9.27. The van der Waals surface area contributed by atoms with Gasteiger partial charge < -0.3 is 0 Å². The molecule has 132 valence electrons. The Morgan fingerprint density at radius 1 is 0.917 bits per heavy atom. The quantitative estimate of drug-likeness (QED) is 0.477. The minimum atomic E-state index is 1.07. The molecule has 0 unspecified atom stereocenters. The molecule has 2 aromatic rings. The van der Waals surface area contributed by atoms with Gasteiger partial charge in [0.05, 0.1) is 0 Å². The molecule has 0 amide bonds. The smallest absolute Gasteiger partial charge is 0.0349 e. The van der Waals surface area contributed by atoms with E-state index in [1.165, 1.54) is 26.5 Å². The maximum atomic E-state index is 2.25. The third-order valence-corrected chi connectivity index (χ3v) is 4.52. The van der Waals surface area contributed by atoms with Gasteiger partial charge in [-0.25, -0.2) is 0 Å². The Morgan fingerprint density at radius 3 is 2.08 bits per heavy atom. The molecule has 0 fully saturated rings. The second kappa shape index (κ2) is 13.8. The Balaban J connectivity index is 0.00000123. The van der Waals surface area contributed by atoms with Gasteiger partial charge in [-0.05, 0) is 43.0 Å². The lowest BCUT2D eigenvalue weighted by Gasteiger charge is -2.00. The normalized spacial score (nSPS) is 10.7. The third kappa shape index (κ3) is 7.31. The second-order valence-corrected chi connectivity index (χ2v) is 6.00. The fourth-order valence-electron chi connectivity index (χ4n) is 2.08. The van der Waals surface area contributed by atoms with E-state index in [9.17, 15) is 0 Å². The van der Waals surface area contributed by atoms with E-state index >= 15 is 0 Å². The first kappa shape index (κ1) is 22.4. The van der Waals surface area contributed by atoms with Crippen LogP contribution in [0.25, 0.3) is 16.0 Å². The molecule has 2 rings (SSSR count). The summed E-state index contributed by atoms with van der Waals surface area (Å²) in [7, 11) is 0. The van der Waals surface area contributed by atoms with E-state index in [0.717, 1.165) is 12.8 Å². The highest BCUT2D eigenvalue weighted by atomic mass is 32.1. The van der Waals surface area contributed by atoms with E-state index < -0.39 is 0 Å². The van der Waals surface area contributed by atoms with Crippen molar-refractivity contribution in [2.75, 3.05) is 0 Å². The summed E-state index contributed by atoms with van der Waals surface area (Å²) in [6, 6.07) is 13.2. The van der Waals surface area contributed by atoms with Crippen LogP contribution in [0.4, 0.5) is 0 Å². The zero-order chi connectivity index (χ0) is 18.4. The minimum Gasteiger partial charge on any atom is -0.136 e. The summed E-state index contributed by atoms with van der Waals surface area (Å²) < 4.78 is 0. The summed E-state index contributed by atoms with van der Waals surface area (Å²) in [6.45, 7) is 14.5. The lowest BCUT2D eigenvalue weighted by molar-refractivity contribution is 1.22. The number of benzene rings is 1. The maximum Gasteiger partial charge on any atom is 0.0349 e. The van der Waals surface area contributed by atoms with Gasteiger partial charge in [0.25, 0.3) is 0 Å². The number of aryl methyl sites for hydroxylation is 1. The molecule has 0 atom stereocenters. The zero-order valence-corrected chi connectivity index (χ0v) is 17.3. The van der Waals surface area contributed by atoms with Crippen LogP contribution >= 0.6 is 11.3 Å². The number of hydrogen-bond acceptors (Lipinski definition) is 1. The van der Waals surface area contributed by atoms with Gasteiger partial charge in [-0.1, -0.05) is 89.6 Å². The van der Waals surface area contributed by atoms with E-state index in [-0.39, 0.29) is 0 Å². The van der Waals surface area contributed by atoms with Crippen molar-refractivity contribution < 1.29 is 0 Å². The summed E-state index contributed by atoms with van der Waals surface area (Å²) in [5.41, 5.74) is 4.04. The Hall–Kier alpha value is -1.60. The molecule has 1 heteroatoms.